The van der Waals surface area contributed by atoms with Gasteiger partial charge < -0.3 is 10.2 Å². The molecule has 0 radical (unpaired) electrons. The van der Waals surface area contributed by atoms with Crippen LogP contribution in [-0.4, -0.2) is 22.8 Å². The van der Waals surface area contributed by atoms with Crippen LogP contribution in [0.1, 0.15) is 90.9 Å². The summed E-state index contributed by atoms with van der Waals surface area (Å²) in [7, 11) is 0. The first-order chi connectivity index (χ1) is 11.1. The second-order valence-electron chi connectivity index (χ2n) is 5.84. The van der Waals surface area contributed by atoms with Crippen molar-refractivity contribution in [2.24, 2.45) is 0 Å². The van der Waals surface area contributed by atoms with Crippen molar-refractivity contribution in [3.63, 3.8) is 0 Å². The molecule has 3 heteroatoms. The third kappa shape index (κ3) is 33.6. The first-order valence-corrected chi connectivity index (χ1v) is 9.25. The summed E-state index contributed by atoms with van der Waals surface area (Å²) in [5, 5.41) is 16.0. The predicted molar refractivity (Wildman–Crippen MR) is 99.8 cm³/mol. The fourth-order valence-corrected chi connectivity index (χ4v) is 2.16. The minimum atomic E-state index is -0.833. The second-order valence-corrected chi connectivity index (χ2v) is 5.84. The molecule has 0 aromatic carbocycles. The third-order valence-electron chi connectivity index (χ3n) is 3.40. The molecule has 0 aromatic heterocycles. The molecule has 0 amide bonds. The molecule has 0 bridgehead atoms. The highest BCUT2D eigenvalue weighted by atomic mass is 16.4. The number of aliphatic hydroxyl groups is 1. The van der Waals surface area contributed by atoms with Gasteiger partial charge in [-0.05, 0) is 32.1 Å². The summed E-state index contributed by atoms with van der Waals surface area (Å²) in [6.45, 7) is 3.52. The van der Waals surface area contributed by atoms with Crippen LogP contribution in [-0.2, 0) is 4.79 Å². The molecule has 0 heterocycles. The van der Waals surface area contributed by atoms with Gasteiger partial charge in [-0.2, -0.15) is 0 Å². The molecule has 0 aliphatic rings. The van der Waals surface area contributed by atoms with Crippen LogP contribution in [0.5, 0.6) is 0 Å². The van der Waals surface area contributed by atoms with E-state index in [-0.39, 0.29) is 6.61 Å². The average Bonchev–Trinajstić information content (AvgIpc) is 2.50. The highest BCUT2D eigenvalue weighted by Gasteiger charge is 1.90. The lowest BCUT2D eigenvalue weighted by atomic mass is 10.1. The first kappa shape index (κ1) is 24.2. The number of hydrogen-bond acceptors (Lipinski definition) is 2. The summed E-state index contributed by atoms with van der Waals surface area (Å²) >= 11 is 0. The maximum atomic E-state index is 9.00. The normalized spacial score (nSPS) is 10.9. The number of aliphatic hydroxyl groups excluding tert-OH is 1. The van der Waals surface area contributed by atoms with E-state index in [9.17, 15) is 0 Å². The van der Waals surface area contributed by atoms with E-state index < -0.39 is 5.97 Å². The number of carbonyl (C=O) groups is 1. The van der Waals surface area contributed by atoms with Crippen LogP contribution >= 0.6 is 0 Å². The van der Waals surface area contributed by atoms with Crippen molar-refractivity contribution in [2.75, 3.05) is 6.61 Å². The third-order valence-corrected chi connectivity index (χ3v) is 3.40. The molecule has 0 fully saturated rings. The molecule has 0 rings (SSSR count). The molecular weight excluding hydrogens is 288 g/mol. The van der Waals surface area contributed by atoms with Crippen LogP contribution in [0.3, 0.4) is 0 Å². The quantitative estimate of drug-likeness (QED) is 0.309. The van der Waals surface area contributed by atoms with Crippen LogP contribution in [0.4, 0.5) is 0 Å². The molecule has 0 saturated carbocycles. The van der Waals surface area contributed by atoms with Gasteiger partial charge >= 0.3 is 0 Å². The largest absolute Gasteiger partial charge is 0.481 e. The van der Waals surface area contributed by atoms with Crippen molar-refractivity contribution in [2.45, 2.75) is 90.9 Å². The highest BCUT2D eigenvalue weighted by Crippen LogP contribution is 2.10. The van der Waals surface area contributed by atoms with Crippen LogP contribution in [0.2, 0.25) is 0 Å². The molecule has 23 heavy (non-hydrogen) atoms. The second kappa shape index (κ2) is 23.2. The Kier molecular flexibility index (Phi) is 24.4. The Labute approximate surface area is 143 Å². The standard InChI is InChI=1S/C18H34O.C2H4O2/c1-2-3-4-5-6-7-8-9-10-11-12-13-14-15-16-17-18-19;1-2(3)4/h5-6,16-17,19H,2-4,7-15,18H2,1H3;1H3,(H,3,4)/b6-5-,17-16+;. The van der Waals surface area contributed by atoms with Gasteiger partial charge in [-0.15, -0.1) is 0 Å². The molecule has 0 aromatic rings. The minimum Gasteiger partial charge on any atom is -0.481 e. The molecule has 0 unspecified atom stereocenters. The van der Waals surface area contributed by atoms with Gasteiger partial charge in [0.15, 0.2) is 0 Å². The minimum absolute atomic E-state index is 0.187. The van der Waals surface area contributed by atoms with Crippen molar-refractivity contribution in [1.82, 2.24) is 0 Å². The fourth-order valence-electron chi connectivity index (χ4n) is 2.16. The smallest absolute Gasteiger partial charge is 0.300 e. The monoisotopic (exact) mass is 326 g/mol. The lowest BCUT2D eigenvalue weighted by Gasteiger charge is -2.00. The summed E-state index contributed by atoms with van der Waals surface area (Å²) in [6.07, 6.45) is 24.5. The molecule has 0 atom stereocenters. The van der Waals surface area contributed by atoms with Crippen molar-refractivity contribution in [3.05, 3.63) is 24.3 Å². The van der Waals surface area contributed by atoms with E-state index in [1.165, 1.54) is 70.6 Å². The van der Waals surface area contributed by atoms with Crippen LogP contribution < -0.4 is 0 Å². The zero-order chi connectivity index (χ0) is 17.6. The van der Waals surface area contributed by atoms with E-state index in [0.29, 0.717) is 0 Å². The number of allylic oxidation sites excluding steroid dienone is 3. The van der Waals surface area contributed by atoms with E-state index in [1.54, 1.807) is 0 Å². The number of unbranched alkanes of at least 4 members (excludes halogenated alkanes) is 10. The van der Waals surface area contributed by atoms with Crippen molar-refractivity contribution < 1.29 is 15.0 Å². The average molecular weight is 327 g/mol. The van der Waals surface area contributed by atoms with Crippen molar-refractivity contribution >= 4 is 5.97 Å². The molecule has 0 saturated heterocycles. The van der Waals surface area contributed by atoms with Crippen LogP contribution in [0.25, 0.3) is 0 Å². The Morgan fingerprint density at radius 2 is 1.09 bits per heavy atom. The molecule has 3 nitrogen and oxygen atoms in total. The lowest BCUT2D eigenvalue weighted by molar-refractivity contribution is -0.134. The summed E-state index contributed by atoms with van der Waals surface area (Å²) in [6, 6.07) is 0. The predicted octanol–water partition coefficient (Wildman–Crippen LogP) is 5.88. The summed E-state index contributed by atoms with van der Waals surface area (Å²) < 4.78 is 0. The van der Waals surface area contributed by atoms with Gasteiger partial charge in [-0.25, -0.2) is 0 Å². The Morgan fingerprint density at radius 1 is 0.739 bits per heavy atom. The van der Waals surface area contributed by atoms with Crippen LogP contribution in [0, 0.1) is 0 Å². The van der Waals surface area contributed by atoms with E-state index in [2.05, 4.69) is 25.2 Å². The maximum Gasteiger partial charge on any atom is 0.300 e. The number of rotatable bonds is 14. The number of carboxylic acid groups (broad SMARTS) is 1. The SMILES string of the molecule is CC(=O)O.CCCC/C=C\CCCCCCCCC/C=C/CO. The van der Waals surface area contributed by atoms with E-state index in [4.69, 9.17) is 15.0 Å². The number of carboxylic acids is 1. The van der Waals surface area contributed by atoms with Gasteiger partial charge in [-0.3, -0.25) is 4.79 Å². The van der Waals surface area contributed by atoms with Crippen molar-refractivity contribution in [3.8, 4) is 0 Å². The van der Waals surface area contributed by atoms with E-state index in [1.807, 2.05) is 6.08 Å². The molecule has 0 aliphatic carbocycles. The Bertz CT molecular complexity index is 279. The van der Waals surface area contributed by atoms with Gasteiger partial charge in [0.05, 0.1) is 6.61 Å². The molecule has 2 N–H and O–H groups in total. The molecular formula is C20H38O3. The van der Waals surface area contributed by atoms with Gasteiger partial charge in [0.25, 0.3) is 5.97 Å². The van der Waals surface area contributed by atoms with Crippen LogP contribution in [0.15, 0.2) is 24.3 Å². The summed E-state index contributed by atoms with van der Waals surface area (Å²) in [5.74, 6) is -0.833. The van der Waals surface area contributed by atoms with E-state index >= 15 is 0 Å². The fraction of sp³-hybridized carbons (Fsp3) is 0.750. The number of aliphatic carboxylic acids is 1. The summed E-state index contributed by atoms with van der Waals surface area (Å²) in [5.41, 5.74) is 0. The zero-order valence-electron chi connectivity index (χ0n) is 15.3. The lowest BCUT2D eigenvalue weighted by Crippen LogP contribution is -1.80. The van der Waals surface area contributed by atoms with Gasteiger partial charge in [0.2, 0.25) is 0 Å². The topological polar surface area (TPSA) is 57.5 Å². The highest BCUT2D eigenvalue weighted by molar-refractivity contribution is 5.62. The van der Waals surface area contributed by atoms with Gasteiger partial charge in [0, 0.05) is 6.92 Å². The van der Waals surface area contributed by atoms with E-state index in [0.717, 1.165) is 13.3 Å². The Hall–Kier alpha value is -1.09. The Balaban J connectivity index is 0. The maximum absolute atomic E-state index is 9.00. The summed E-state index contributed by atoms with van der Waals surface area (Å²) in [4.78, 5) is 9.00. The Morgan fingerprint density at radius 3 is 1.48 bits per heavy atom. The molecule has 0 spiro atoms. The first-order valence-electron chi connectivity index (χ1n) is 9.25. The van der Waals surface area contributed by atoms with Gasteiger partial charge in [-0.1, -0.05) is 76.2 Å². The number of hydrogen-bond donors (Lipinski definition) is 2. The van der Waals surface area contributed by atoms with Crippen molar-refractivity contribution in [1.29, 1.82) is 0 Å². The molecule has 136 valence electrons. The van der Waals surface area contributed by atoms with Gasteiger partial charge in [0.1, 0.15) is 0 Å². The molecule has 0 aliphatic heterocycles. The zero-order valence-corrected chi connectivity index (χ0v) is 15.3.